The highest BCUT2D eigenvalue weighted by Crippen LogP contribution is 2.32. The summed E-state index contributed by atoms with van der Waals surface area (Å²) >= 11 is 1.75. The van der Waals surface area contributed by atoms with Gasteiger partial charge in [-0.2, -0.15) is 0 Å². The lowest BCUT2D eigenvalue weighted by atomic mass is 10.1. The average Bonchev–Trinajstić information content (AvgIpc) is 3.20. The summed E-state index contributed by atoms with van der Waals surface area (Å²) in [6.45, 7) is 8.20. The molecule has 3 heterocycles. The number of hydrogen-bond donors (Lipinski definition) is 2. The van der Waals surface area contributed by atoms with Crippen molar-refractivity contribution in [1.82, 2.24) is 15.2 Å². The zero-order valence-corrected chi connectivity index (χ0v) is 16.6. The third-order valence-electron chi connectivity index (χ3n) is 5.05. The van der Waals surface area contributed by atoms with E-state index in [1.54, 1.807) is 11.3 Å². The lowest BCUT2D eigenvalue weighted by molar-refractivity contribution is 0.0342. The minimum absolute atomic E-state index is 0.0435. The fourth-order valence-electron chi connectivity index (χ4n) is 3.58. The van der Waals surface area contributed by atoms with Crippen molar-refractivity contribution in [3.05, 3.63) is 58.1 Å². The lowest BCUT2D eigenvalue weighted by Crippen LogP contribution is -2.36. The Morgan fingerprint density at radius 1 is 1.30 bits per heavy atom. The Bertz CT molecular complexity index is 926. The molecular weight excluding hydrogens is 358 g/mol. The molecule has 0 bridgehead atoms. The smallest absolute Gasteiger partial charge is 0.268 e. The topological polar surface area (TPSA) is 57.4 Å². The van der Waals surface area contributed by atoms with Crippen molar-refractivity contribution in [2.45, 2.75) is 26.4 Å². The first-order valence-electron chi connectivity index (χ1n) is 9.38. The molecule has 4 rings (SSSR count). The quantitative estimate of drug-likeness (QED) is 0.703. The van der Waals surface area contributed by atoms with E-state index in [0.29, 0.717) is 5.69 Å². The van der Waals surface area contributed by atoms with E-state index < -0.39 is 0 Å². The van der Waals surface area contributed by atoms with Crippen molar-refractivity contribution in [2.24, 2.45) is 0 Å². The van der Waals surface area contributed by atoms with Crippen LogP contribution in [0.3, 0.4) is 0 Å². The SMILES string of the molecule is Cc1cc2[nH]c(C(=O)N[C@@H](C)c3ccccc3)c(CN3CCOCC3)c2s1. The zero-order valence-electron chi connectivity index (χ0n) is 15.7. The number of carbonyl (C=O) groups excluding carboxylic acids is 1. The second kappa shape index (κ2) is 7.84. The van der Waals surface area contributed by atoms with Crippen LogP contribution in [-0.4, -0.2) is 42.1 Å². The molecule has 142 valence electrons. The molecule has 6 heteroatoms. The van der Waals surface area contributed by atoms with E-state index in [0.717, 1.165) is 49.5 Å². The summed E-state index contributed by atoms with van der Waals surface area (Å²) < 4.78 is 6.65. The number of thiophene rings is 1. The molecule has 1 saturated heterocycles. The molecule has 3 aromatic rings. The minimum atomic E-state index is -0.0457. The summed E-state index contributed by atoms with van der Waals surface area (Å²) in [6.07, 6.45) is 0. The number of fused-ring (bicyclic) bond motifs is 1. The average molecular weight is 384 g/mol. The third kappa shape index (κ3) is 3.93. The van der Waals surface area contributed by atoms with Crippen LogP contribution < -0.4 is 5.32 Å². The first kappa shape index (κ1) is 18.2. The first-order valence-corrected chi connectivity index (χ1v) is 10.2. The normalized spacial score (nSPS) is 16.5. The summed E-state index contributed by atoms with van der Waals surface area (Å²) in [4.78, 5) is 20.0. The van der Waals surface area contributed by atoms with Gasteiger partial charge in [0, 0.05) is 30.1 Å². The van der Waals surface area contributed by atoms with Gasteiger partial charge in [-0.15, -0.1) is 11.3 Å². The number of benzene rings is 1. The van der Waals surface area contributed by atoms with Crippen LogP contribution in [0.2, 0.25) is 0 Å². The maximum absolute atomic E-state index is 13.1. The molecule has 0 spiro atoms. The van der Waals surface area contributed by atoms with Gasteiger partial charge < -0.3 is 15.0 Å². The number of hydrogen-bond acceptors (Lipinski definition) is 4. The third-order valence-corrected chi connectivity index (χ3v) is 6.16. The van der Waals surface area contributed by atoms with E-state index in [-0.39, 0.29) is 11.9 Å². The van der Waals surface area contributed by atoms with Crippen molar-refractivity contribution >= 4 is 27.5 Å². The Morgan fingerprint density at radius 2 is 2.04 bits per heavy atom. The minimum Gasteiger partial charge on any atom is -0.379 e. The fourth-order valence-corrected chi connectivity index (χ4v) is 4.58. The van der Waals surface area contributed by atoms with Gasteiger partial charge >= 0.3 is 0 Å². The number of morpholine rings is 1. The number of aromatic nitrogens is 1. The van der Waals surface area contributed by atoms with E-state index in [4.69, 9.17) is 4.74 Å². The largest absolute Gasteiger partial charge is 0.379 e. The van der Waals surface area contributed by atoms with Crippen LogP contribution in [0.5, 0.6) is 0 Å². The molecule has 5 nitrogen and oxygen atoms in total. The van der Waals surface area contributed by atoms with E-state index in [9.17, 15) is 4.79 Å². The van der Waals surface area contributed by atoms with Crippen LogP contribution in [0, 0.1) is 6.92 Å². The van der Waals surface area contributed by atoms with Gasteiger partial charge in [-0.3, -0.25) is 9.69 Å². The van der Waals surface area contributed by atoms with E-state index >= 15 is 0 Å². The van der Waals surface area contributed by atoms with Crippen molar-refractivity contribution in [1.29, 1.82) is 0 Å². The van der Waals surface area contributed by atoms with Gasteiger partial charge in [0.1, 0.15) is 5.69 Å². The Hall–Kier alpha value is -2.15. The van der Waals surface area contributed by atoms with Gasteiger partial charge in [0.05, 0.1) is 29.5 Å². The van der Waals surface area contributed by atoms with Crippen LogP contribution >= 0.6 is 11.3 Å². The Balaban J connectivity index is 1.60. The molecule has 0 unspecified atom stereocenters. The molecule has 1 aliphatic rings. The predicted molar refractivity (Wildman–Crippen MR) is 109 cm³/mol. The Kier molecular flexibility index (Phi) is 5.29. The molecular formula is C21H25N3O2S. The number of ether oxygens (including phenoxy) is 1. The van der Waals surface area contributed by atoms with Crippen molar-refractivity contribution in [2.75, 3.05) is 26.3 Å². The second-order valence-corrected chi connectivity index (χ2v) is 8.33. The molecule has 27 heavy (non-hydrogen) atoms. The summed E-state index contributed by atoms with van der Waals surface area (Å²) in [6, 6.07) is 12.1. The maximum atomic E-state index is 13.1. The van der Waals surface area contributed by atoms with Crippen LogP contribution in [0.25, 0.3) is 10.2 Å². The second-order valence-electron chi connectivity index (χ2n) is 7.07. The van der Waals surface area contributed by atoms with Gasteiger partial charge in [-0.1, -0.05) is 30.3 Å². The van der Waals surface area contributed by atoms with E-state index in [1.807, 2.05) is 37.3 Å². The Morgan fingerprint density at radius 3 is 2.78 bits per heavy atom. The predicted octanol–water partition coefficient (Wildman–Crippen LogP) is 3.86. The highest BCUT2D eigenvalue weighted by Gasteiger charge is 2.23. The highest BCUT2D eigenvalue weighted by molar-refractivity contribution is 7.19. The van der Waals surface area contributed by atoms with Crippen molar-refractivity contribution < 1.29 is 9.53 Å². The van der Waals surface area contributed by atoms with Gasteiger partial charge in [0.25, 0.3) is 5.91 Å². The van der Waals surface area contributed by atoms with Crippen LogP contribution in [0.4, 0.5) is 0 Å². The molecule has 0 radical (unpaired) electrons. The number of aryl methyl sites for hydroxylation is 1. The summed E-state index contributed by atoms with van der Waals surface area (Å²) in [5.74, 6) is -0.0457. The molecule has 1 fully saturated rings. The van der Waals surface area contributed by atoms with Gasteiger partial charge in [-0.25, -0.2) is 0 Å². The molecule has 2 aromatic heterocycles. The van der Waals surface area contributed by atoms with Gasteiger partial charge in [-0.05, 0) is 25.5 Å². The van der Waals surface area contributed by atoms with Crippen molar-refractivity contribution in [3.63, 3.8) is 0 Å². The zero-order chi connectivity index (χ0) is 18.8. The van der Waals surface area contributed by atoms with Gasteiger partial charge in [0.15, 0.2) is 0 Å². The van der Waals surface area contributed by atoms with Crippen molar-refractivity contribution in [3.8, 4) is 0 Å². The summed E-state index contributed by atoms with van der Waals surface area (Å²) in [5, 5.41) is 3.15. The molecule has 1 amide bonds. The van der Waals surface area contributed by atoms with Gasteiger partial charge in [0.2, 0.25) is 0 Å². The number of nitrogens with zero attached hydrogens (tertiary/aromatic N) is 1. The number of nitrogens with one attached hydrogen (secondary N) is 2. The molecule has 2 N–H and O–H groups in total. The number of rotatable bonds is 5. The number of aromatic amines is 1. The molecule has 1 aromatic carbocycles. The molecule has 0 saturated carbocycles. The summed E-state index contributed by atoms with van der Waals surface area (Å²) in [7, 11) is 0. The van der Waals surface area contributed by atoms with Crippen LogP contribution in [-0.2, 0) is 11.3 Å². The number of carbonyl (C=O) groups is 1. The standard InChI is InChI=1S/C21H25N3O2S/c1-14-12-18-20(27-14)17(13-24-8-10-26-11-9-24)19(23-18)21(25)22-15(2)16-6-4-3-5-7-16/h3-7,12,15,23H,8-11,13H2,1-2H3,(H,22,25)/t15-/m0/s1. The monoisotopic (exact) mass is 383 g/mol. The lowest BCUT2D eigenvalue weighted by Gasteiger charge is -2.26. The highest BCUT2D eigenvalue weighted by atomic mass is 32.1. The number of H-pyrrole nitrogens is 1. The fraction of sp³-hybridized carbons (Fsp3) is 0.381. The molecule has 0 aliphatic carbocycles. The van der Waals surface area contributed by atoms with E-state index in [1.165, 1.54) is 9.58 Å². The Labute approximate surface area is 163 Å². The molecule has 1 aliphatic heterocycles. The number of amides is 1. The van der Waals surface area contributed by atoms with Crippen LogP contribution in [0.15, 0.2) is 36.4 Å². The van der Waals surface area contributed by atoms with E-state index in [2.05, 4.69) is 28.2 Å². The summed E-state index contributed by atoms with van der Waals surface area (Å²) in [5.41, 5.74) is 3.94. The first-order chi connectivity index (χ1) is 13.1. The molecule has 1 atom stereocenters. The maximum Gasteiger partial charge on any atom is 0.268 e. The van der Waals surface area contributed by atoms with Crippen LogP contribution in [0.1, 0.15) is 39.5 Å².